The molecule has 0 unspecified atom stereocenters. The normalized spacial score (nSPS) is 24.0. The Morgan fingerprint density at radius 1 is 1.24 bits per heavy atom. The predicted octanol–water partition coefficient (Wildman–Crippen LogP) is 4.53. The van der Waals surface area contributed by atoms with E-state index in [1.54, 1.807) is 13.0 Å². The van der Waals surface area contributed by atoms with Crippen LogP contribution in [0.3, 0.4) is 0 Å². The van der Waals surface area contributed by atoms with Gasteiger partial charge in [0, 0.05) is 25.7 Å². The Bertz CT molecular complexity index is 783. The number of halogens is 1. The second-order valence-electron chi connectivity index (χ2n) is 9.78. The molecule has 1 N–H and O–H groups in total. The van der Waals surface area contributed by atoms with Gasteiger partial charge in [-0.3, -0.25) is 9.59 Å². The summed E-state index contributed by atoms with van der Waals surface area (Å²) < 4.78 is 5.02. The monoisotopic (exact) mass is 480 g/mol. The molecule has 0 aromatic heterocycles. The molecule has 6 nitrogen and oxygen atoms in total. The number of aromatic hydroxyl groups is 1. The average Bonchev–Trinajstić information content (AvgIpc) is 2.77. The van der Waals surface area contributed by atoms with Gasteiger partial charge in [-0.2, -0.15) is 0 Å². The van der Waals surface area contributed by atoms with Crippen molar-refractivity contribution in [2.45, 2.75) is 77.2 Å². The number of amides is 1. The Kier molecular flexibility index (Phi) is 10.5. The fourth-order valence-corrected chi connectivity index (χ4v) is 5.40. The van der Waals surface area contributed by atoms with Crippen LogP contribution in [-0.2, 0) is 19.7 Å². The number of rotatable bonds is 8. The van der Waals surface area contributed by atoms with E-state index in [-0.39, 0.29) is 36.2 Å². The molecule has 7 heteroatoms. The lowest BCUT2D eigenvalue weighted by Gasteiger charge is -2.46. The Morgan fingerprint density at radius 2 is 1.97 bits per heavy atom. The molecule has 1 aromatic carbocycles. The number of phenols is 1. The molecule has 1 heterocycles. The van der Waals surface area contributed by atoms with Gasteiger partial charge in [-0.15, -0.1) is 12.4 Å². The highest BCUT2D eigenvalue weighted by Gasteiger charge is 2.38. The van der Waals surface area contributed by atoms with Gasteiger partial charge in [-0.05, 0) is 61.8 Å². The maximum absolute atomic E-state index is 13.0. The van der Waals surface area contributed by atoms with Gasteiger partial charge in [0.25, 0.3) is 0 Å². The molecule has 1 saturated carbocycles. The first-order valence-corrected chi connectivity index (χ1v) is 12.3. The first-order valence-electron chi connectivity index (χ1n) is 12.3. The molecule has 3 rings (SSSR count). The third-order valence-corrected chi connectivity index (χ3v) is 7.67. The van der Waals surface area contributed by atoms with Crippen LogP contribution in [0.1, 0.15) is 71.3 Å². The lowest BCUT2D eigenvalue weighted by molar-refractivity contribution is -0.149. The van der Waals surface area contributed by atoms with Crippen molar-refractivity contribution in [3.8, 4) is 5.75 Å². The van der Waals surface area contributed by atoms with E-state index >= 15 is 0 Å². The number of hydrogen-bond acceptors (Lipinski definition) is 5. The standard InChI is InChI=1S/C26H40N2O4.ClH/c1-4-32-25(31)18-24(30)28(22-10-6-5-7-11-22)16-15-27-14-13-26(3,20(2)19-27)21-9-8-12-23(29)17-21;/h8-9,12,17,20,22,29H,4-7,10-11,13-16,18-19H2,1-3H3;1H/t20-,26-;/m0./s1. The van der Waals surface area contributed by atoms with E-state index in [0.29, 0.717) is 24.8 Å². The van der Waals surface area contributed by atoms with Gasteiger partial charge in [0.15, 0.2) is 0 Å². The largest absolute Gasteiger partial charge is 0.508 e. The summed E-state index contributed by atoms with van der Waals surface area (Å²) in [5, 5.41) is 9.93. The molecular weight excluding hydrogens is 440 g/mol. The van der Waals surface area contributed by atoms with E-state index < -0.39 is 5.97 Å². The quantitative estimate of drug-likeness (QED) is 0.437. The van der Waals surface area contributed by atoms with E-state index in [4.69, 9.17) is 4.74 Å². The van der Waals surface area contributed by atoms with Crippen LogP contribution >= 0.6 is 12.4 Å². The lowest BCUT2D eigenvalue weighted by Crippen LogP contribution is -2.51. The molecule has 2 fully saturated rings. The van der Waals surface area contributed by atoms with E-state index in [1.807, 2.05) is 17.0 Å². The van der Waals surface area contributed by atoms with E-state index in [0.717, 1.165) is 51.7 Å². The zero-order chi connectivity index (χ0) is 23.1. The molecule has 1 aliphatic carbocycles. The minimum atomic E-state index is -0.424. The van der Waals surface area contributed by atoms with E-state index in [2.05, 4.69) is 24.8 Å². The Morgan fingerprint density at radius 3 is 2.61 bits per heavy atom. The zero-order valence-corrected chi connectivity index (χ0v) is 21.2. The summed E-state index contributed by atoms with van der Waals surface area (Å²) in [5.41, 5.74) is 1.22. The first kappa shape index (κ1) is 27.5. The number of carbonyl (C=O) groups excluding carboxylic acids is 2. The minimum absolute atomic E-state index is 0. The molecular formula is C26H41ClN2O4. The van der Waals surface area contributed by atoms with Crippen LogP contribution in [0.2, 0.25) is 0 Å². The van der Waals surface area contributed by atoms with Crippen molar-refractivity contribution in [1.29, 1.82) is 0 Å². The van der Waals surface area contributed by atoms with Crippen LogP contribution < -0.4 is 0 Å². The fraction of sp³-hybridized carbons (Fsp3) is 0.692. The highest BCUT2D eigenvalue weighted by molar-refractivity contribution is 5.94. The van der Waals surface area contributed by atoms with Gasteiger partial charge in [0.05, 0.1) is 6.61 Å². The molecule has 1 aromatic rings. The molecule has 0 bridgehead atoms. The summed E-state index contributed by atoms with van der Waals surface area (Å²) >= 11 is 0. The number of esters is 1. The SMILES string of the molecule is CCOC(=O)CC(=O)N(CCN1CC[C@](C)(c2cccc(O)c2)[C@@H](C)C1)C1CCCCC1.Cl. The van der Waals surface area contributed by atoms with Crippen molar-refractivity contribution in [2.75, 3.05) is 32.8 Å². The lowest BCUT2D eigenvalue weighted by atomic mass is 9.68. The van der Waals surface area contributed by atoms with Gasteiger partial charge in [0.1, 0.15) is 12.2 Å². The van der Waals surface area contributed by atoms with Crippen LogP contribution in [0.25, 0.3) is 0 Å². The highest BCUT2D eigenvalue weighted by Crippen LogP contribution is 2.40. The minimum Gasteiger partial charge on any atom is -0.508 e. The third-order valence-electron chi connectivity index (χ3n) is 7.67. The summed E-state index contributed by atoms with van der Waals surface area (Å²) in [6.07, 6.45) is 6.44. The highest BCUT2D eigenvalue weighted by atomic mass is 35.5. The van der Waals surface area contributed by atoms with Gasteiger partial charge in [0.2, 0.25) is 5.91 Å². The third kappa shape index (κ3) is 7.10. The summed E-state index contributed by atoms with van der Waals surface area (Å²) in [7, 11) is 0. The van der Waals surface area contributed by atoms with Crippen molar-refractivity contribution >= 4 is 24.3 Å². The summed E-state index contributed by atoms with van der Waals surface area (Å²) in [4.78, 5) is 29.3. The molecule has 33 heavy (non-hydrogen) atoms. The molecule has 2 aliphatic rings. The van der Waals surface area contributed by atoms with Crippen LogP contribution in [0.5, 0.6) is 5.75 Å². The van der Waals surface area contributed by atoms with Gasteiger partial charge >= 0.3 is 5.97 Å². The van der Waals surface area contributed by atoms with Crippen molar-refractivity contribution < 1.29 is 19.4 Å². The second-order valence-corrected chi connectivity index (χ2v) is 9.78. The predicted molar refractivity (Wildman–Crippen MR) is 133 cm³/mol. The average molecular weight is 481 g/mol. The van der Waals surface area contributed by atoms with Gasteiger partial charge in [-0.1, -0.05) is 45.2 Å². The Labute approximate surface area is 205 Å². The van der Waals surface area contributed by atoms with Crippen LogP contribution in [0.4, 0.5) is 0 Å². The summed E-state index contributed by atoms with van der Waals surface area (Å²) in [6, 6.07) is 7.90. The van der Waals surface area contributed by atoms with Gasteiger partial charge < -0.3 is 19.6 Å². The number of ether oxygens (including phenoxy) is 1. The molecule has 1 aliphatic heterocycles. The maximum Gasteiger partial charge on any atom is 0.315 e. The molecule has 186 valence electrons. The Balaban J connectivity index is 0.00000385. The number of phenolic OH excluding ortho intramolecular Hbond substituents is 1. The first-order chi connectivity index (χ1) is 15.3. The molecule has 0 spiro atoms. The van der Waals surface area contributed by atoms with Crippen molar-refractivity contribution in [2.24, 2.45) is 5.92 Å². The maximum atomic E-state index is 13.0. The number of likely N-dealkylation sites (tertiary alicyclic amines) is 1. The summed E-state index contributed by atoms with van der Waals surface area (Å²) in [6.45, 7) is 10.0. The van der Waals surface area contributed by atoms with E-state index in [1.165, 1.54) is 12.0 Å². The molecule has 1 amide bonds. The molecule has 0 radical (unpaired) electrons. The molecule has 1 saturated heterocycles. The van der Waals surface area contributed by atoms with Crippen LogP contribution in [0.15, 0.2) is 24.3 Å². The van der Waals surface area contributed by atoms with E-state index in [9.17, 15) is 14.7 Å². The van der Waals surface area contributed by atoms with Crippen molar-refractivity contribution in [3.05, 3.63) is 29.8 Å². The number of nitrogens with zero attached hydrogens (tertiary/aromatic N) is 2. The topological polar surface area (TPSA) is 70.1 Å². The zero-order valence-electron chi connectivity index (χ0n) is 20.4. The second kappa shape index (κ2) is 12.6. The number of hydrogen-bond donors (Lipinski definition) is 1. The van der Waals surface area contributed by atoms with Crippen LogP contribution in [-0.4, -0.2) is 65.6 Å². The van der Waals surface area contributed by atoms with Crippen LogP contribution in [0, 0.1) is 5.92 Å². The van der Waals surface area contributed by atoms with Crippen molar-refractivity contribution in [1.82, 2.24) is 9.80 Å². The fourth-order valence-electron chi connectivity index (χ4n) is 5.40. The summed E-state index contributed by atoms with van der Waals surface area (Å²) in [5.74, 6) is 0.231. The van der Waals surface area contributed by atoms with Gasteiger partial charge in [-0.25, -0.2) is 0 Å². The smallest absolute Gasteiger partial charge is 0.315 e. The number of piperidine rings is 1. The molecule has 2 atom stereocenters. The Hall–Kier alpha value is -1.79. The van der Waals surface area contributed by atoms with Crippen molar-refractivity contribution in [3.63, 3.8) is 0 Å². The number of benzene rings is 1. The number of carbonyl (C=O) groups is 2.